The fraction of sp³-hybridized carbons (Fsp3) is 0.467. The fourth-order valence-electron chi connectivity index (χ4n) is 2.62. The van der Waals surface area contributed by atoms with Crippen LogP contribution in [-0.4, -0.2) is 56.7 Å². The van der Waals surface area contributed by atoms with Crippen LogP contribution < -0.4 is 4.90 Å². The van der Waals surface area contributed by atoms with Gasteiger partial charge < -0.3 is 9.80 Å². The molecule has 0 spiro atoms. The minimum absolute atomic E-state index is 0.206. The van der Waals surface area contributed by atoms with Crippen LogP contribution in [0.5, 0.6) is 0 Å². The lowest BCUT2D eigenvalue weighted by Crippen LogP contribution is -2.49. The molecule has 22 heavy (non-hydrogen) atoms. The lowest BCUT2D eigenvalue weighted by atomic mass is 10.2. The van der Waals surface area contributed by atoms with Crippen LogP contribution in [0, 0.1) is 0 Å². The Morgan fingerprint density at radius 2 is 1.91 bits per heavy atom. The summed E-state index contributed by atoms with van der Waals surface area (Å²) >= 11 is 0. The average molecular weight is 300 g/mol. The number of anilines is 1. The molecule has 0 N–H and O–H groups in total. The molecule has 1 fully saturated rings. The molecule has 7 nitrogen and oxygen atoms in total. The van der Waals surface area contributed by atoms with Gasteiger partial charge in [0.2, 0.25) is 11.9 Å². The summed E-state index contributed by atoms with van der Waals surface area (Å²) < 4.78 is 1.76. The number of hydrogen-bond donors (Lipinski definition) is 0. The topological polar surface area (TPSA) is 67.2 Å². The molecule has 0 atom stereocenters. The first-order chi connectivity index (χ1) is 10.7. The van der Waals surface area contributed by atoms with E-state index in [-0.39, 0.29) is 5.91 Å². The van der Waals surface area contributed by atoms with Gasteiger partial charge >= 0.3 is 0 Å². The number of carbonyl (C=O) groups excluding carboxylic acids is 1. The van der Waals surface area contributed by atoms with Crippen LogP contribution in [0.15, 0.2) is 30.9 Å². The first-order valence-electron chi connectivity index (χ1n) is 7.49. The zero-order valence-corrected chi connectivity index (χ0v) is 12.7. The molecule has 0 aromatic carbocycles. The van der Waals surface area contributed by atoms with Crippen LogP contribution in [-0.2, 0) is 18.3 Å². The molecule has 3 heterocycles. The highest BCUT2D eigenvalue weighted by Crippen LogP contribution is 2.11. The van der Waals surface area contributed by atoms with Crippen molar-refractivity contribution in [3.05, 3.63) is 36.4 Å². The molecular formula is C15H20N6O. The molecule has 0 aliphatic carbocycles. The van der Waals surface area contributed by atoms with Gasteiger partial charge in [-0.3, -0.25) is 9.48 Å². The monoisotopic (exact) mass is 300 g/mol. The normalized spacial score (nSPS) is 15.1. The first-order valence-corrected chi connectivity index (χ1v) is 7.49. The van der Waals surface area contributed by atoms with Crippen molar-refractivity contribution in [1.29, 1.82) is 0 Å². The molecule has 3 rings (SSSR count). The van der Waals surface area contributed by atoms with Gasteiger partial charge in [-0.1, -0.05) is 0 Å². The van der Waals surface area contributed by atoms with Crippen LogP contribution in [0.4, 0.5) is 5.95 Å². The number of amides is 1. The molecule has 1 saturated heterocycles. The largest absolute Gasteiger partial charge is 0.339 e. The van der Waals surface area contributed by atoms with Gasteiger partial charge in [0.1, 0.15) is 0 Å². The van der Waals surface area contributed by atoms with Gasteiger partial charge in [-0.15, -0.1) is 0 Å². The summed E-state index contributed by atoms with van der Waals surface area (Å²) in [6, 6.07) is 1.81. The van der Waals surface area contributed by atoms with Crippen molar-refractivity contribution >= 4 is 11.9 Å². The minimum Gasteiger partial charge on any atom is -0.339 e. The van der Waals surface area contributed by atoms with Crippen molar-refractivity contribution in [2.24, 2.45) is 7.05 Å². The molecule has 2 aromatic rings. The van der Waals surface area contributed by atoms with E-state index in [0.717, 1.165) is 44.1 Å². The van der Waals surface area contributed by atoms with Crippen LogP contribution in [0.25, 0.3) is 0 Å². The zero-order valence-electron chi connectivity index (χ0n) is 12.7. The Bertz CT molecular complexity index is 618. The van der Waals surface area contributed by atoms with E-state index < -0.39 is 0 Å². The molecule has 1 amide bonds. The highest BCUT2D eigenvalue weighted by Gasteiger charge is 2.22. The first kappa shape index (κ1) is 14.5. The van der Waals surface area contributed by atoms with E-state index in [1.54, 1.807) is 17.1 Å². The molecular weight excluding hydrogens is 280 g/mol. The predicted octanol–water partition coefficient (Wildman–Crippen LogP) is 0.491. The van der Waals surface area contributed by atoms with Crippen molar-refractivity contribution < 1.29 is 4.79 Å². The number of carbonyl (C=O) groups is 1. The van der Waals surface area contributed by atoms with Gasteiger partial charge in [-0.25, -0.2) is 9.97 Å². The maximum atomic E-state index is 12.3. The maximum Gasteiger partial charge on any atom is 0.225 e. The lowest BCUT2D eigenvalue weighted by molar-refractivity contribution is -0.131. The predicted molar refractivity (Wildman–Crippen MR) is 82.4 cm³/mol. The number of rotatable bonds is 4. The van der Waals surface area contributed by atoms with Crippen molar-refractivity contribution in [3.63, 3.8) is 0 Å². The molecule has 116 valence electrons. The summed E-state index contributed by atoms with van der Waals surface area (Å²) in [5.74, 6) is 0.947. The van der Waals surface area contributed by atoms with Gasteiger partial charge in [0, 0.05) is 58.2 Å². The van der Waals surface area contributed by atoms with E-state index in [9.17, 15) is 4.79 Å². The van der Waals surface area contributed by atoms with Gasteiger partial charge in [0.25, 0.3) is 0 Å². The summed E-state index contributed by atoms with van der Waals surface area (Å²) in [5.41, 5.74) is 1.10. The van der Waals surface area contributed by atoms with E-state index >= 15 is 0 Å². The number of nitrogens with zero attached hydrogens (tertiary/aromatic N) is 6. The summed E-state index contributed by atoms with van der Waals surface area (Å²) in [6.07, 6.45) is 8.54. The molecule has 1 aliphatic heterocycles. The Kier molecular flexibility index (Phi) is 4.32. The third kappa shape index (κ3) is 3.41. The molecule has 7 heteroatoms. The molecule has 0 bridgehead atoms. The van der Waals surface area contributed by atoms with Crippen molar-refractivity contribution in [3.8, 4) is 0 Å². The summed E-state index contributed by atoms with van der Waals surface area (Å²) in [5, 5.41) is 4.12. The SMILES string of the molecule is Cn1cc(CCC(=O)N2CCN(c3ncccn3)CC2)cn1. The summed E-state index contributed by atoms with van der Waals surface area (Å²) in [4.78, 5) is 24.8. The van der Waals surface area contributed by atoms with E-state index in [4.69, 9.17) is 0 Å². The highest BCUT2D eigenvalue weighted by atomic mass is 16.2. The number of aryl methyl sites for hydroxylation is 2. The molecule has 2 aromatic heterocycles. The van der Waals surface area contributed by atoms with Crippen LogP contribution in [0.1, 0.15) is 12.0 Å². The second kappa shape index (κ2) is 6.55. The highest BCUT2D eigenvalue weighted by molar-refractivity contribution is 5.76. The Balaban J connectivity index is 1.47. The van der Waals surface area contributed by atoms with Gasteiger partial charge in [-0.2, -0.15) is 5.10 Å². The van der Waals surface area contributed by atoms with Gasteiger partial charge in [0.15, 0.2) is 0 Å². The Labute approximate surface area is 129 Å². The fourth-order valence-corrected chi connectivity index (χ4v) is 2.62. The third-order valence-electron chi connectivity index (χ3n) is 3.85. The number of aromatic nitrogens is 4. The molecule has 0 radical (unpaired) electrons. The molecule has 0 saturated carbocycles. The van der Waals surface area contributed by atoms with Crippen molar-refractivity contribution in [2.45, 2.75) is 12.8 Å². The van der Waals surface area contributed by atoms with E-state index in [1.165, 1.54) is 0 Å². The maximum absolute atomic E-state index is 12.3. The molecule has 0 unspecified atom stereocenters. The minimum atomic E-state index is 0.206. The van der Waals surface area contributed by atoms with E-state index in [2.05, 4.69) is 20.0 Å². The lowest BCUT2D eigenvalue weighted by Gasteiger charge is -2.34. The smallest absolute Gasteiger partial charge is 0.225 e. The van der Waals surface area contributed by atoms with E-state index in [0.29, 0.717) is 6.42 Å². The number of hydrogen-bond acceptors (Lipinski definition) is 5. The van der Waals surface area contributed by atoms with Gasteiger partial charge in [-0.05, 0) is 18.1 Å². The Morgan fingerprint density at radius 1 is 1.18 bits per heavy atom. The van der Waals surface area contributed by atoms with E-state index in [1.807, 2.05) is 30.4 Å². The number of piperazine rings is 1. The third-order valence-corrected chi connectivity index (χ3v) is 3.85. The second-order valence-corrected chi connectivity index (χ2v) is 5.44. The van der Waals surface area contributed by atoms with Crippen LogP contribution >= 0.6 is 0 Å². The quantitative estimate of drug-likeness (QED) is 0.822. The van der Waals surface area contributed by atoms with Crippen molar-refractivity contribution in [1.82, 2.24) is 24.6 Å². The standard InChI is InChI=1S/C15H20N6O/c1-19-12-13(11-18-19)3-4-14(22)20-7-9-21(10-8-20)15-16-5-2-6-17-15/h2,5-6,11-12H,3-4,7-10H2,1H3. The second-order valence-electron chi connectivity index (χ2n) is 5.44. The van der Waals surface area contributed by atoms with Crippen molar-refractivity contribution in [2.75, 3.05) is 31.1 Å². The molecule has 1 aliphatic rings. The van der Waals surface area contributed by atoms with Gasteiger partial charge in [0.05, 0.1) is 6.20 Å². The Hall–Kier alpha value is -2.44. The van der Waals surface area contributed by atoms with Crippen LogP contribution in [0.2, 0.25) is 0 Å². The zero-order chi connectivity index (χ0) is 15.4. The average Bonchev–Trinajstić information content (AvgIpc) is 2.99. The summed E-state index contributed by atoms with van der Waals surface area (Å²) in [7, 11) is 1.89. The van der Waals surface area contributed by atoms with Crippen LogP contribution in [0.3, 0.4) is 0 Å². The Morgan fingerprint density at radius 3 is 2.55 bits per heavy atom. The summed E-state index contributed by atoms with van der Waals surface area (Å²) in [6.45, 7) is 3.01.